The minimum absolute atomic E-state index is 0.643. The lowest BCUT2D eigenvalue weighted by Crippen LogP contribution is -2.47. The highest BCUT2D eigenvalue weighted by Gasteiger charge is 2.25. The molecule has 0 aliphatic carbocycles. The van der Waals surface area contributed by atoms with E-state index in [1.54, 1.807) is 0 Å². The molecule has 1 aromatic heterocycles. The fourth-order valence-electron chi connectivity index (χ4n) is 2.78. The number of pyridine rings is 1. The summed E-state index contributed by atoms with van der Waals surface area (Å²) in [6, 6.07) is 13.5. The van der Waals surface area contributed by atoms with Crippen molar-refractivity contribution in [3.8, 4) is 0 Å². The van der Waals surface area contributed by atoms with Gasteiger partial charge in [-0.3, -0.25) is 0 Å². The molecule has 4 heteroatoms. The molecule has 0 unspecified atom stereocenters. The predicted molar refractivity (Wildman–Crippen MR) is 98.5 cm³/mol. The maximum Gasteiger partial charge on any atom is 0.147 e. The summed E-state index contributed by atoms with van der Waals surface area (Å²) in [5.41, 5.74) is 1.29. The summed E-state index contributed by atoms with van der Waals surface area (Å²) in [5, 5.41) is 0. The second kappa shape index (κ2) is 6.54. The lowest BCUT2D eigenvalue weighted by Gasteiger charge is -2.36. The zero-order valence-corrected chi connectivity index (χ0v) is 15.3. The van der Waals surface area contributed by atoms with Crippen molar-refractivity contribution >= 4 is 23.3 Å². The molecule has 0 saturated heterocycles. The summed E-state index contributed by atoms with van der Waals surface area (Å²) in [4.78, 5) is 9.62. The number of fused-ring (bicyclic) bond motifs is 2. The van der Waals surface area contributed by atoms with Crippen LogP contribution in [-0.4, -0.2) is 42.7 Å². The number of anilines is 2. The molecule has 0 bridgehead atoms. The van der Waals surface area contributed by atoms with Gasteiger partial charge in [-0.25, -0.2) is 4.98 Å². The van der Waals surface area contributed by atoms with Crippen LogP contribution in [0.2, 0.25) is 0 Å². The van der Waals surface area contributed by atoms with E-state index in [4.69, 9.17) is 0 Å². The monoisotopic (exact) mass is 328 g/mol. The highest BCUT2D eigenvalue weighted by Crippen LogP contribution is 2.46. The molecule has 1 aromatic carbocycles. The van der Waals surface area contributed by atoms with Crippen LogP contribution in [-0.2, 0) is 0 Å². The molecule has 0 radical (unpaired) electrons. The Morgan fingerprint density at radius 2 is 1.83 bits per heavy atom. The van der Waals surface area contributed by atoms with Crippen LogP contribution in [0.15, 0.2) is 52.4 Å². The minimum atomic E-state index is 0.643. The molecule has 1 aliphatic rings. The Hall–Kier alpha value is -1.52. The fraction of sp³-hybridized carbons (Fsp3) is 0.421. The molecule has 0 amide bonds. The summed E-state index contributed by atoms with van der Waals surface area (Å²) >= 11 is 1.82. The van der Waals surface area contributed by atoms with E-state index in [1.807, 2.05) is 24.0 Å². The highest BCUT2D eigenvalue weighted by molar-refractivity contribution is 7.99. The van der Waals surface area contributed by atoms with Crippen molar-refractivity contribution in [2.45, 2.75) is 36.1 Å². The standard InChI is InChI=1S/C19H26N3S/c1-15(2)22(3,4)14-8-13-21-16-9-5-6-10-17(16)23-18-11-7-12-20-19(18)21/h5-7,9-12,15H,8,13-14H2,1-4H3/q+1. The number of aromatic nitrogens is 1. The van der Waals surface area contributed by atoms with Gasteiger partial charge in [-0.05, 0) is 38.1 Å². The predicted octanol–water partition coefficient (Wildman–Crippen LogP) is 4.56. The average Bonchev–Trinajstić information content (AvgIpc) is 2.54. The van der Waals surface area contributed by atoms with Gasteiger partial charge < -0.3 is 9.38 Å². The minimum Gasteiger partial charge on any atom is -0.326 e. The van der Waals surface area contributed by atoms with Gasteiger partial charge in [0.1, 0.15) is 5.82 Å². The van der Waals surface area contributed by atoms with Crippen molar-refractivity contribution in [2.75, 3.05) is 32.1 Å². The fourth-order valence-corrected chi connectivity index (χ4v) is 3.85. The van der Waals surface area contributed by atoms with Gasteiger partial charge in [0, 0.05) is 24.1 Å². The molecule has 1 aliphatic heterocycles. The second-order valence-corrected chi connectivity index (χ2v) is 8.08. The van der Waals surface area contributed by atoms with E-state index < -0.39 is 0 Å². The van der Waals surface area contributed by atoms with Gasteiger partial charge in [0.25, 0.3) is 0 Å². The van der Waals surface area contributed by atoms with E-state index in [0.717, 1.165) is 23.3 Å². The molecular weight excluding hydrogens is 302 g/mol. The molecular formula is C19H26N3S+. The highest BCUT2D eigenvalue weighted by atomic mass is 32.2. The molecule has 2 heterocycles. The summed E-state index contributed by atoms with van der Waals surface area (Å²) in [7, 11) is 4.63. The average molecular weight is 329 g/mol. The molecule has 3 nitrogen and oxygen atoms in total. The summed E-state index contributed by atoms with van der Waals surface area (Å²) in [6.45, 7) is 6.77. The van der Waals surface area contributed by atoms with Gasteiger partial charge in [0.2, 0.25) is 0 Å². The molecule has 0 N–H and O–H groups in total. The number of quaternary nitrogens is 1. The van der Waals surface area contributed by atoms with Gasteiger partial charge in [0.15, 0.2) is 0 Å². The van der Waals surface area contributed by atoms with Gasteiger partial charge in [0.05, 0.1) is 37.3 Å². The van der Waals surface area contributed by atoms with Crippen molar-refractivity contribution < 1.29 is 4.48 Å². The lowest BCUT2D eigenvalue weighted by atomic mass is 10.2. The SMILES string of the molecule is CC(C)[N+](C)(C)CCCN1c2ccccc2Sc2cccnc21. The lowest BCUT2D eigenvalue weighted by molar-refractivity contribution is -0.911. The van der Waals surface area contributed by atoms with Crippen molar-refractivity contribution in [1.82, 2.24) is 4.98 Å². The van der Waals surface area contributed by atoms with Crippen LogP contribution < -0.4 is 4.90 Å². The number of nitrogens with zero attached hydrogens (tertiary/aromatic N) is 3. The van der Waals surface area contributed by atoms with Gasteiger partial charge in [-0.2, -0.15) is 0 Å². The van der Waals surface area contributed by atoms with Crippen LogP contribution in [0, 0.1) is 0 Å². The first-order valence-corrected chi connectivity index (χ1v) is 9.13. The van der Waals surface area contributed by atoms with Crippen LogP contribution in [0.4, 0.5) is 11.5 Å². The zero-order chi connectivity index (χ0) is 16.4. The smallest absolute Gasteiger partial charge is 0.147 e. The topological polar surface area (TPSA) is 16.1 Å². The van der Waals surface area contributed by atoms with E-state index in [9.17, 15) is 0 Å². The molecule has 23 heavy (non-hydrogen) atoms. The maximum atomic E-state index is 4.65. The normalized spacial score (nSPS) is 13.9. The van der Waals surface area contributed by atoms with E-state index in [-0.39, 0.29) is 0 Å². The van der Waals surface area contributed by atoms with Crippen molar-refractivity contribution in [3.05, 3.63) is 42.6 Å². The van der Waals surface area contributed by atoms with Crippen LogP contribution in [0.1, 0.15) is 20.3 Å². The van der Waals surface area contributed by atoms with Gasteiger partial charge in [-0.1, -0.05) is 23.9 Å². The first-order valence-electron chi connectivity index (χ1n) is 8.31. The Balaban J connectivity index is 1.82. The van der Waals surface area contributed by atoms with Crippen molar-refractivity contribution in [3.63, 3.8) is 0 Å². The third-order valence-corrected chi connectivity index (χ3v) is 6.00. The van der Waals surface area contributed by atoms with E-state index in [0.29, 0.717) is 6.04 Å². The largest absolute Gasteiger partial charge is 0.326 e. The third kappa shape index (κ3) is 3.38. The van der Waals surface area contributed by atoms with Crippen molar-refractivity contribution in [1.29, 1.82) is 0 Å². The summed E-state index contributed by atoms with van der Waals surface area (Å²) in [5.74, 6) is 1.10. The zero-order valence-electron chi connectivity index (χ0n) is 14.5. The number of hydrogen-bond acceptors (Lipinski definition) is 3. The van der Waals surface area contributed by atoms with Crippen LogP contribution >= 0.6 is 11.8 Å². The van der Waals surface area contributed by atoms with Crippen molar-refractivity contribution in [2.24, 2.45) is 0 Å². The summed E-state index contributed by atoms with van der Waals surface area (Å²) in [6.07, 6.45) is 3.05. The van der Waals surface area contributed by atoms with Gasteiger partial charge >= 0.3 is 0 Å². The van der Waals surface area contributed by atoms with Gasteiger partial charge in [-0.15, -0.1) is 0 Å². The number of hydrogen-bond donors (Lipinski definition) is 0. The van der Waals surface area contributed by atoms with E-state index in [2.05, 4.69) is 68.2 Å². The number of para-hydroxylation sites is 1. The molecule has 3 rings (SSSR count). The molecule has 2 aromatic rings. The number of rotatable bonds is 5. The van der Waals surface area contributed by atoms with Crippen LogP contribution in [0.25, 0.3) is 0 Å². The van der Waals surface area contributed by atoms with Crippen LogP contribution in [0.5, 0.6) is 0 Å². The number of benzene rings is 1. The first kappa shape index (κ1) is 16.3. The summed E-state index contributed by atoms with van der Waals surface area (Å²) < 4.78 is 1.05. The molecule has 0 spiro atoms. The molecule has 122 valence electrons. The molecule has 0 atom stereocenters. The second-order valence-electron chi connectivity index (χ2n) is 7.00. The molecule has 0 saturated carbocycles. The maximum absolute atomic E-state index is 4.65. The van der Waals surface area contributed by atoms with Crippen LogP contribution in [0.3, 0.4) is 0 Å². The van der Waals surface area contributed by atoms with E-state index in [1.165, 1.54) is 22.0 Å². The Labute approximate surface area is 143 Å². The quantitative estimate of drug-likeness (QED) is 0.749. The Kier molecular flexibility index (Phi) is 4.64. The third-order valence-electron chi connectivity index (χ3n) is 4.90. The van der Waals surface area contributed by atoms with E-state index >= 15 is 0 Å². The Morgan fingerprint density at radius 1 is 1.09 bits per heavy atom. The Bertz CT molecular complexity index is 636. The Morgan fingerprint density at radius 3 is 2.61 bits per heavy atom. The first-order chi connectivity index (χ1) is 11.0. The molecule has 0 fully saturated rings.